The van der Waals surface area contributed by atoms with E-state index in [-0.39, 0.29) is 30.5 Å². The average Bonchev–Trinajstić information content (AvgIpc) is 3.15. The van der Waals surface area contributed by atoms with Gasteiger partial charge in [0.25, 0.3) is 0 Å². The van der Waals surface area contributed by atoms with Gasteiger partial charge >= 0.3 is 157 Å². The quantitative estimate of drug-likeness (QED) is 0.370. The molecular formula is C20H15N3O2Se. The van der Waals surface area contributed by atoms with Crippen molar-refractivity contribution in [1.82, 2.24) is 0 Å². The predicted molar refractivity (Wildman–Crippen MR) is 103 cm³/mol. The van der Waals surface area contributed by atoms with Crippen LogP contribution in [0.5, 0.6) is 0 Å². The van der Waals surface area contributed by atoms with Crippen molar-refractivity contribution in [1.29, 1.82) is 0 Å². The summed E-state index contributed by atoms with van der Waals surface area (Å²) in [5, 5.41) is 17.8. The normalized spacial score (nSPS) is 16.4. The minimum atomic E-state index is -0.381. The summed E-state index contributed by atoms with van der Waals surface area (Å²) in [5.41, 5.74) is 3.30. The van der Waals surface area contributed by atoms with Crippen LogP contribution in [0.1, 0.15) is 16.1 Å². The molecule has 0 fully saturated rings. The number of rotatable bonds is 4. The first-order valence-corrected chi connectivity index (χ1v) is 9.96. The Bertz CT molecular complexity index is 944. The van der Waals surface area contributed by atoms with Gasteiger partial charge in [-0.15, -0.1) is 0 Å². The summed E-state index contributed by atoms with van der Waals surface area (Å²) < 4.78 is 0.991. The summed E-state index contributed by atoms with van der Waals surface area (Å²) in [6.07, 6.45) is 0. The second-order valence-electron chi connectivity index (χ2n) is 5.77. The number of nitrogens with zero attached hydrogens (tertiary/aromatic N) is 3. The van der Waals surface area contributed by atoms with Gasteiger partial charge in [-0.25, -0.2) is 0 Å². The Morgan fingerprint density at radius 2 is 1.50 bits per heavy atom. The number of para-hydroxylation sites is 1. The van der Waals surface area contributed by atoms with Crippen LogP contribution in [-0.2, 0) is 0 Å². The van der Waals surface area contributed by atoms with Crippen LogP contribution >= 0.6 is 0 Å². The van der Waals surface area contributed by atoms with Gasteiger partial charge < -0.3 is 0 Å². The van der Waals surface area contributed by atoms with E-state index >= 15 is 0 Å². The van der Waals surface area contributed by atoms with E-state index in [0.717, 1.165) is 15.9 Å². The molecule has 0 amide bonds. The summed E-state index contributed by atoms with van der Waals surface area (Å²) >= 11 is 0.0767. The molecular weight excluding hydrogens is 393 g/mol. The first-order valence-electron chi connectivity index (χ1n) is 8.12. The van der Waals surface area contributed by atoms with E-state index in [1.165, 1.54) is 17.7 Å². The summed E-state index contributed by atoms with van der Waals surface area (Å²) in [6, 6.07) is 27.1. The molecule has 0 spiro atoms. The molecule has 6 heteroatoms. The zero-order valence-corrected chi connectivity index (χ0v) is 15.4. The number of anilines is 1. The van der Waals surface area contributed by atoms with E-state index in [9.17, 15) is 10.1 Å². The Balaban J connectivity index is 1.71. The molecule has 1 heterocycles. The summed E-state index contributed by atoms with van der Waals surface area (Å²) in [5.74, 6) is 0. The van der Waals surface area contributed by atoms with Crippen LogP contribution in [0, 0.1) is 10.1 Å². The number of nitro groups is 1. The van der Waals surface area contributed by atoms with Crippen molar-refractivity contribution in [3.63, 3.8) is 0 Å². The number of hydrazone groups is 1. The van der Waals surface area contributed by atoms with Gasteiger partial charge in [-0.3, -0.25) is 0 Å². The van der Waals surface area contributed by atoms with Crippen LogP contribution < -0.4 is 5.01 Å². The second-order valence-corrected chi connectivity index (χ2v) is 8.01. The van der Waals surface area contributed by atoms with Gasteiger partial charge in [0.15, 0.2) is 0 Å². The Hall–Kier alpha value is -2.95. The number of non-ortho nitro benzene ring substituents is 1. The molecule has 0 aliphatic carbocycles. The van der Waals surface area contributed by atoms with Crippen molar-refractivity contribution in [2.45, 2.75) is 4.94 Å². The van der Waals surface area contributed by atoms with Crippen molar-refractivity contribution in [2.24, 2.45) is 5.10 Å². The Morgan fingerprint density at radius 3 is 2.12 bits per heavy atom. The molecule has 0 bridgehead atoms. The van der Waals surface area contributed by atoms with Crippen LogP contribution in [0.15, 0.2) is 90.0 Å². The molecule has 4 rings (SSSR count). The molecule has 1 atom stereocenters. The van der Waals surface area contributed by atoms with E-state index in [4.69, 9.17) is 5.10 Å². The van der Waals surface area contributed by atoms with Crippen LogP contribution in [0.2, 0.25) is 0 Å². The van der Waals surface area contributed by atoms with E-state index < -0.39 is 0 Å². The first-order chi connectivity index (χ1) is 12.7. The number of benzene rings is 3. The van der Waals surface area contributed by atoms with Crippen molar-refractivity contribution in [2.75, 3.05) is 5.01 Å². The van der Waals surface area contributed by atoms with Crippen LogP contribution in [0.25, 0.3) is 0 Å². The molecule has 0 N–H and O–H groups in total. The first kappa shape index (κ1) is 16.5. The Kier molecular flexibility index (Phi) is 4.52. The molecule has 0 radical (unpaired) electrons. The van der Waals surface area contributed by atoms with Crippen LogP contribution in [0.4, 0.5) is 11.4 Å². The van der Waals surface area contributed by atoms with E-state index in [0.29, 0.717) is 0 Å². The summed E-state index contributed by atoms with van der Waals surface area (Å²) in [7, 11) is 0. The SMILES string of the molecule is O=[N+]([O-])c1ccc(C2=NN(c3ccccc3)C(c3ccccc3)[Se]2)cc1. The van der Waals surface area contributed by atoms with Crippen molar-refractivity contribution in [3.05, 3.63) is 106 Å². The number of hydrogen-bond donors (Lipinski definition) is 0. The van der Waals surface area contributed by atoms with Crippen LogP contribution in [-0.4, -0.2) is 24.5 Å². The topological polar surface area (TPSA) is 58.7 Å². The molecule has 3 aromatic carbocycles. The predicted octanol–water partition coefficient (Wildman–Crippen LogP) is 4.18. The van der Waals surface area contributed by atoms with Crippen molar-refractivity contribution < 1.29 is 4.92 Å². The molecule has 26 heavy (non-hydrogen) atoms. The molecule has 0 aromatic heterocycles. The summed E-state index contributed by atoms with van der Waals surface area (Å²) in [4.78, 5) is 10.7. The molecule has 0 saturated heterocycles. The molecule has 3 aromatic rings. The van der Waals surface area contributed by atoms with Gasteiger partial charge in [-0.2, -0.15) is 0 Å². The average molecular weight is 408 g/mol. The fourth-order valence-corrected chi connectivity index (χ4v) is 5.26. The molecule has 1 unspecified atom stereocenters. The molecule has 1 aliphatic heterocycles. The number of hydrogen-bond acceptors (Lipinski definition) is 4. The summed E-state index contributed by atoms with van der Waals surface area (Å²) in [6.45, 7) is 0. The molecule has 128 valence electrons. The third kappa shape index (κ3) is 3.25. The third-order valence-corrected chi connectivity index (χ3v) is 6.67. The van der Waals surface area contributed by atoms with Gasteiger partial charge in [0.2, 0.25) is 0 Å². The molecule has 5 nitrogen and oxygen atoms in total. The van der Waals surface area contributed by atoms with Crippen LogP contribution in [0.3, 0.4) is 0 Å². The van der Waals surface area contributed by atoms with Crippen molar-refractivity contribution in [3.8, 4) is 0 Å². The second kappa shape index (κ2) is 7.12. The third-order valence-electron chi connectivity index (χ3n) is 4.07. The van der Waals surface area contributed by atoms with E-state index in [1.54, 1.807) is 12.1 Å². The molecule has 0 saturated carbocycles. The Morgan fingerprint density at radius 1 is 0.885 bits per heavy atom. The van der Waals surface area contributed by atoms with Gasteiger partial charge in [0.1, 0.15) is 0 Å². The van der Waals surface area contributed by atoms with E-state index in [1.807, 2.05) is 48.5 Å². The van der Waals surface area contributed by atoms with E-state index in [2.05, 4.69) is 17.1 Å². The maximum atomic E-state index is 10.9. The zero-order valence-electron chi connectivity index (χ0n) is 13.7. The van der Waals surface area contributed by atoms with Crippen molar-refractivity contribution >= 4 is 30.9 Å². The monoisotopic (exact) mass is 409 g/mol. The van der Waals surface area contributed by atoms with Gasteiger partial charge in [0, 0.05) is 0 Å². The fraction of sp³-hybridized carbons (Fsp3) is 0.0500. The number of nitro benzene ring substituents is 1. The maximum absolute atomic E-state index is 10.9. The minimum absolute atomic E-state index is 0.0767. The Labute approximate surface area is 157 Å². The molecule has 1 aliphatic rings. The van der Waals surface area contributed by atoms with Gasteiger partial charge in [-0.1, -0.05) is 0 Å². The fourth-order valence-electron chi connectivity index (χ4n) is 2.78. The van der Waals surface area contributed by atoms with Gasteiger partial charge in [-0.05, 0) is 0 Å². The van der Waals surface area contributed by atoms with Gasteiger partial charge in [0.05, 0.1) is 0 Å². The zero-order chi connectivity index (χ0) is 17.9. The standard InChI is InChI=1S/C20H15N3O2Se/c24-23(25)18-13-11-15(12-14-18)19-21-22(17-9-5-2-6-10-17)20(26-19)16-7-3-1-4-8-16/h1-14,20H.